The summed E-state index contributed by atoms with van der Waals surface area (Å²) < 4.78 is 25.9. The summed E-state index contributed by atoms with van der Waals surface area (Å²) >= 11 is 1.40. The zero-order valence-corrected chi connectivity index (χ0v) is 17.9. The van der Waals surface area contributed by atoms with Crippen LogP contribution in [0.25, 0.3) is 0 Å². The minimum Gasteiger partial charge on any atom is -0.328 e. The monoisotopic (exact) mass is 436 g/mol. The molecule has 2 aliphatic heterocycles. The number of amides is 1. The van der Waals surface area contributed by atoms with Crippen molar-refractivity contribution in [1.82, 2.24) is 19.2 Å². The molecule has 0 bridgehead atoms. The molecular weight excluding hydrogens is 412 g/mol. The van der Waals surface area contributed by atoms with Crippen LogP contribution in [0.5, 0.6) is 0 Å². The van der Waals surface area contributed by atoms with Crippen molar-refractivity contribution in [3.8, 4) is 0 Å². The number of thiophene rings is 1. The average Bonchev–Trinajstić information content (AvgIpc) is 3.27. The number of aromatic amines is 1. The summed E-state index contributed by atoms with van der Waals surface area (Å²) in [4.78, 5) is 35.6. The van der Waals surface area contributed by atoms with Gasteiger partial charge >= 0.3 is 0 Å². The molecule has 8 nitrogen and oxygen atoms in total. The molecule has 2 aliphatic rings. The second-order valence-electron chi connectivity index (χ2n) is 7.35. The molecule has 1 N–H and O–H groups in total. The van der Waals surface area contributed by atoms with Gasteiger partial charge in [0, 0.05) is 18.7 Å². The highest BCUT2D eigenvalue weighted by Gasteiger charge is 2.33. The molecule has 0 unspecified atom stereocenters. The number of likely N-dealkylation sites (tertiary alicyclic amines) is 1. The van der Waals surface area contributed by atoms with E-state index in [1.54, 1.807) is 17.9 Å². The number of hydrogen-bond donors (Lipinski definition) is 1. The Balaban J connectivity index is 1.68. The number of piperidine rings is 1. The van der Waals surface area contributed by atoms with Gasteiger partial charge in [-0.3, -0.25) is 9.59 Å². The Morgan fingerprint density at radius 2 is 2.17 bits per heavy atom. The molecule has 1 fully saturated rings. The Morgan fingerprint density at radius 3 is 2.90 bits per heavy atom. The van der Waals surface area contributed by atoms with E-state index in [-0.39, 0.29) is 29.8 Å². The van der Waals surface area contributed by atoms with Gasteiger partial charge in [-0.1, -0.05) is 6.07 Å². The second-order valence-corrected chi connectivity index (χ2v) is 10.6. The SMILES string of the molecule is CCS(=O)(=O)N1CCc2c(nc([C@@H]3CCCCN3C(=O)c3cccs3)[nH]c2=O)C1. The zero-order valence-electron chi connectivity index (χ0n) is 16.3. The number of carbonyl (C=O) groups is 1. The molecule has 0 aliphatic carbocycles. The van der Waals surface area contributed by atoms with Gasteiger partial charge in [0.15, 0.2) is 0 Å². The van der Waals surface area contributed by atoms with Gasteiger partial charge in [0.05, 0.1) is 28.9 Å². The van der Waals surface area contributed by atoms with Gasteiger partial charge < -0.3 is 9.88 Å². The number of fused-ring (bicyclic) bond motifs is 1. The van der Waals surface area contributed by atoms with E-state index in [1.807, 2.05) is 11.4 Å². The van der Waals surface area contributed by atoms with Crippen LogP contribution in [-0.4, -0.2) is 52.3 Å². The number of carbonyl (C=O) groups excluding carboxylic acids is 1. The highest BCUT2D eigenvalue weighted by molar-refractivity contribution is 7.89. The molecule has 156 valence electrons. The Morgan fingerprint density at radius 1 is 1.34 bits per heavy atom. The van der Waals surface area contributed by atoms with Gasteiger partial charge in [-0.2, -0.15) is 4.31 Å². The number of nitrogens with zero attached hydrogens (tertiary/aromatic N) is 3. The number of aromatic nitrogens is 2. The second kappa shape index (κ2) is 8.00. The van der Waals surface area contributed by atoms with E-state index in [2.05, 4.69) is 9.97 Å². The average molecular weight is 437 g/mol. The predicted molar refractivity (Wildman–Crippen MR) is 110 cm³/mol. The van der Waals surface area contributed by atoms with Gasteiger partial charge in [0.25, 0.3) is 11.5 Å². The maximum absolute atomic E-state index is 13.0. The number of nitrogens with one attached hydrogen (secondary N) is 1. The van der Waals surface area contributed by atoms with Crippen molar-refractivity contribution in [2.45, 2.75) is 45.2 Å². The molecule has 2 aromatic rings. The fraction of sp³-hybridized carbons (Fsp3) is 0.526. The maximum atomic E-state index is 13.0. The van der Waals surface area contributed by atoms with Gasteiger partial charge in [-0.15, -0.1) is 11.3 Å². The van der Waals surface area contributed by atoms with Crippen molar-refractivity contribution < 1.29 is 13.2 Å². The summed E-state index contributed by atoms with van der Waals surface area (Å²) in [6, 6.07) is 3.34. The lowest BCUT2D eigenvalue weighted by Gasteiger charge is -2.35. The van der Waals surface area contributed by atoms with Crippen molar-refractivity contribution >= 4 is 27.3 Å². The molecule has 29 heavy (non-hydrogen) atoms. The van der Waals surface area contributed by atoms with E-state index in [9.17, 15) is 18.0 Å². The number of H-pyrrole nitrogens is 1. The van der Waals surface area contributed by atoms with Crippen molar-refractivity contribution in [3.05, 3.63) is 49.8 Å². The van der Waals surface area contributed by atoms with Crippen LogP contribution in [-0.2, 0) is 23.0 Å². The van der Waals surface area contributed by atoms with Gasteiger partial charge in [0.2, 0.25) is 10.0 Å². The molecule has 4 heterocycles. The van der Waals surface area contributed by atoms with E-state index in [1.165, 1.54) is 15.6 Å². The molecule has 0 aromatic carbocycles. The number of sulfonamides is 1. The zero-order chi connectivity index (χ0) is 20.6. The third-order valence-corrected chi connectivity index (χ3v) is 8.31. The molecule has 0 radical (unpaired) electrons. The quantitative estimate of drug-likeness (QED) is 0.789. The normalized spacial score (nSPS) is 20.4. The minimum atomic E-state index is -3.35. The molecule has 4 rings (SSSR count). The van der Waals surface area contributed by atoms with Crippen LogP contribution in [0.15, 0.2) is 22.3 Å². The predicted octanol–water partition coefficient (Wildman–Crippen LogP) is 1.91. The van der Waals surface area contributed by atoms with Crippen molar-refractivity contribution in [1.29, 1.82) is 0 Å². The number of hydrogen-bond acceptors (Lipinski definition) is 6. The minimum absolute atomic E-state index is 0.0180. The van der Waals surface area contributed by atoms with Gasteiger partial charge in [0.1, 0.15) is 5.82 Å². The van der Waals surface area contributed by atoms with E-state index >= 15 is 0 Å². The van der Waals surface area contributed by atoms with Crippen LogP contribution in [0.1, 0.15) is 59.0 Å². The van der Waals surface area contributed by atoms with E-state index < -0.39 is 10.0 Å². The molecule has 0 saturated carbocycles. The fourth-order valence-corrected chi connectivity index (χ4v) is 5.75. The van der Waals surface area contributed by atoms with Crippen LogP contribution in [0.2, 0.25) is 0 Å². The topological polar surface area (TPSA) is 103 Å². The summed E-state index contributed by atoms with van der Waals surface area (Å²) in [5.41, 5.74) is 0.817. The Labute approximate surface area is 173 Å². The first-order valence-corrected chi connectivity index (χ1v) is 12.3. The summed E-state index contributed by atoms with van der Waals surface area (Å²) in [5.74, 6) is 0.416. The summed E-state index contributed by atoms with van der Waals surface area (Å²) in [7, 11) is -3.35. The Bertz CT molecular complexity index is 1060. The smallest absolute Gasteiger partial charge is 0.264 e. The van der Waals surface area contributed by atoms with Crippen LogP contribution in [0, 0.1) is 0 Å². The fourth-order valence-electron chi connectivity index (χ4n) is 4.01. The largest absolute Gasteiger partial charge is 0.328 e. The Hall–Kier alpha value is -2.04. The van der Waals surface area contributed by atoms with Crippen molar-refractivity contribution in [2.24, 2.45) is 0 Å². The molecule has 0 spiro atoms. The standard InChI is InChI=1S/C19H24N4O4S2/c1-2-29(26,27)22-10-8-13-14(12-22)20-17(21-18(13)24)15-6-3-4-9-23(15)19(25)16-7-5-11-28-16/h5,7,11,15H,2-4,6,8-10,12H2,1H3,(H,20,21,24)/t15-/m0/s1. The first-order valence-electron chi connectivity index (χ1n) is 9.85. The summed E-state index contributed by atoms with van der Waals surface area (Å²) in [6.07, 6.45) is 2.91. The molecule has 1 atom stereocenters. The van der Waals surface area contributed by atoms with Gasteiger partial charge in [-0.25, -0.2) is 13.4 Å². The van der Waals surface area contributed by atoms with Crippen LogP contribution >= 0.6 is 11.3 Å². The molecule has 1 amide bonds. The first kappa shape index (κ1) is 20.2. The first-order chi connectivity index (χ1) is 13.9. The van der Waals surface area contributed by atoms with Crippen LogP contribution < -0.4 is 5.56 Å². The lowest BCUT2D eigenvalue weighted by molar-refractivity contribution is 0.0604. The molecule has 1 saturated heterocycles. The van der Waals surface area contributed by atoms with Gasteiger partial charge in [-0.05, 0) is 44.1 Å². The summed E-state index contributed by atoms with van der Waals surface area (Å²) in [5, 5.41) is 1.87. The van der Waals surface area contributed by atoms with E-state index in [4.69, 9.17) is 0 Å². The van der Waals surface area contributed by atoms with Crippen LogP contribution in [0.3, 0.4) is 0 Å². The molecule has 10 heteroatoms. The number of rotatable bonds is 4. The Kier molecular flexibility index (Phi) is 5.58. The third-order valence-electron chi connectivity index (χ3n) is 5.63. The lowest BCUT2D eigenvalue weighted by Crippen LogP contribution is -2.42. The van der Waals surface area contributed by atoms with Crippen LogP contribution in [0.4, 0.5) is 0 Å². The molecule has 2 aromatic heterocycles. The maximum Gasteiger partial charge on any atom is 0.264 e. The molecular formula is C19H24N4O4S2. The van der Waals surface area contributed by atoms with E-state index in [0.717, 1.165) is 19.3 Å². The highest BCUT2D eigenvalue weighted by Crippen LogP contribution is 2.31. The van der Waals surface area contributed by atoms with E-state index in [0.29, 0.717) is 41.5 Å². The highest BCUT2D eigenvalue weighted by atomic mass is 32.2. The summed E-state index contributed by atoms with van der Waals surface area (Å²) in [6.45, 7) is 2.61. The van der Waals surface area contributed by atoms with Crippen molar-refractivity contribution in [3.63, 3.8) is 0 Å². The lowest BCUT2D eigenvalue weighted by atomic mass is 10.00. The van der Waals surface area contributed by atoms with Crippen molar-refractivity contribution in [2.75, 3.05) is 18.8 Å². The third kappa shape index (κ3) is 3.88.